The highest BCUT2D eigenvalue weighted by atomic mass is 32.2. The topological polar surface area (TPSA) is 354 Å². The number of amides is 7. The van der Waals surface area contributed by atoms with Gasteiger partial charge in [-0.1, -0.05) is 121 Å². The molecule has 3 aliphatic rings. The molecule has 0 bridgehead atoms. The number of esters is 1. The molecule has 25 heteroatoms. The molecule has 456 valence electrons. The Bertz CT molecular complexity index is 2430. The van der Waals surface area contributed by atoms with E-state index in [0.717, 1.165) is 85.4 Å². The van der Waals surface area contributed by atoms with Crippen LogP contribution in [0.1, 0.15) is 122 Å². The van der Waals surface area contributed by atoms with Crippen molar-refractivity contribution in [1.29, 1.82) is 0 Å². The summed E-state index contributed by atoms with van der Waals surface area (Å²) in [7, 11) is 1.12. The molecule has 3 fully saturated rings. The van der Waals surface area contributed by atoms with Crippen molar-refractivity contribution in [3.63, 3.8) is 0 Å². The molecule has 7 amide bonds. The molecule has 0 saturated carbocycles. The molecule has 12 N–H and O–H groups in total. The van der Waals surface area contributed by atoms with Crippen LogP contribution in [0.3, 0.4) is 0 Å². The van der Waals surface area contributed by atoms with Crippen LogP contribution in [0.5, 0.6) is 5.75 Å². The van der Waals surface area contributed by atoms with Crippen LogP contribution >= 0.6 is 23.5 Å². The van der Waals surface area contributed by atoms with Crippen LogP contribution in [0.25, 0.3) is 0 Å². The summed E-state index contributed by atoms with van der Waals surface area (Å²) in [5.74, 6) is -8.66. The maximum Gasteiger partial charge on any atom is 0.315 e. The summed E-state index contributed by atoms with van der Waals surface area (Å²) in [4.78, 5) is 117. The SMILES string of the molecule is CCC(C)CCCCCCCCCCC(=O)N[C@H]1C[C@@H](O)C(Sc2ccccc2)NC(=O)[C@@H]2[C@@H](O)[C@@H](C)CN2C(=O)[C@@H](CO)NC(=O)[C@H]([C@H](O)C(SCC(=O)OC)c2ccc(O)cc2)NC(=O)[C@@H]2C[C@@H](O)CN2C(=O)[C@H]([C@@H](C)O)NC1=O. The van der Waals surface area contributed by atoms with Crippen molar-refractivity contribution in [2.75, 3.05) is 32.6 Å². The minimum Gasteiger partial charge on any atom is -0.508 e. The van der Waals surface area contributed by atoms with Crippen molar-refractivity contribution in [3.8, 4) is 5.75 Å². The normalized spacial score (nSPS) is 27.6. The van der Waals surface area contributed by atoms with Gasteiger partial charge in [-0.3, -0.25) is 38.4 Å². The highest BCUT2D eigenvalue weighted by Gasteiger charge is 2.50. The molecule has 2 aromatic rings. The number of methoxy groups -OCH3 is 1. The number of hydrogen-bond acceptors (Lipinski definition) is 18. The zero-order chi connectivity index (χ0) is 60.2. The van der Waals surface area contributed by atoms with Gasteiger partial charge in [0.2, 0.25) is 41.4 Å². The maximum atomic E-state index is 14.7. The molecule has 23 nitrogen and oxygen atoms in total. The molecule has 15 atom stereocenters. The van der Waals surface area contributed by atoms with Gasteiger partial charge in [0.15, 0.2) is 0 Å². The molecule has 5 rings (SSSR count). The number of benzene rings is 2. The van der Waals surface area contributed by atoms with Crippen LogP contribution < -0.4 is 26.6 Å². The third-order valence-electron chi connectivity index (χ3n) is 15.4. The Kier molecular flexibility index (Phi) is 27.1. The zero-order valence-corrected chi connectivity index (χ0v) is 49.0. The lowest BCUT2D eigenvalue weighted by molar-refractivity contribution is -0.146. The number of hydrogen-bond donors (Lipinski definition) is 12. The summed E-state index contributed by atoms with van der Waals surface area (Å²) in [6.45, 7) is 5.24. The summed E-state index contributed by atoms with van der Waals surface area (Å²) < 4.78 is 4.81. The van der Waals surface area contributed by atoms with Gasteiger partial charge in [0, 0.05) is 43.2 Å². The van der Waals surface area contributed by atoms with E-state index in [1.165, 1.54) is 44.0 Å². The fourth-order valence-corrected chi connectivity index (χ4v) is 12.5. The summed E-state index contributed by atoms with van der Waals surface area (Å²) in [6, 6.07) is 2.85. The zero-order valence-electron chi connectivity index (χ0n) is 47.4. The molecule has 82 heavy (non-hydrogen) atoms. The number of thioether (sulfide) groups is 2. The van der Waals surface area contributed by atoms with Gasteiger partial charge in [-0.05, 0) is 49.1 Å². The number of phenolic OH excluding ortho intramolecular Hbond substituents is 1. The molecule has 0 spiro atoms. The third kappa shape index (κ3) is 19.3. The van der Waals surface area contributed by atoms with E-state index in [-0.39, 0.29) is 24.3 Å². The second-order valence-electron chi connectivity index (χ2n) is 21.8. The number of aromatic hydroxyl groups is 1. The third-order valence-corrected chi connectivity index (χ3v) is 17.9. The minimum atomic E-state index is -2.12. The van der Waals surface area contributed by atoms with Crippen molar-refractivity contribution in [1.82, 2.24) is 36.4 Å². The lowest BCUT2D eigenvalue weighted by Crippen LogP contribution is -2.63. The molecule has 3 heterocycles. The second kappa shape index (κ2) is 33.1. The predicted molar refractivity (Wildman–Crippen MR) is 305 cm³/mol. The average molecular weight is 1190 g/mol. The Balaban J connectivity index is 1.54. The number of ether oxygens (including phenoxy) is 1. The number of rotatable bonds is 23. The average Bonchev–Trinajstić information content (AvgIpc) is 4.09. The van der Waals surface area contributed by atoms with Crippen molar-refractivity contribution < 1.29 is 78.8 Å². The van der Waals surface area contributed by atoms with E-state index < -0.39 is 162 Å². The van der Waals surface area contributed by atoms with Crippen LogP contribution in [0, 0.1) is 11.8 Å². The quantitative estimate of drug-likeness (QED) is 0.0548. The van der Waals surface area contributed by atoms with Gasteiger partial charge < -0.3 is 76.9 Å². The maximum absolute atomic E-state index is 14.7. The van der Waals surface area contributed by atoms with Gasteiger partial charge in [-0.2, -0.15) is 0 Å². The van der Waals surface area contributed by atoms with Crippen molar-refractivity contribution in [2.45, 2.75) is 193 Å². The lowest BCUT2D eigenvalue weighted by Gasteiger charge is -2.34. The number of fused-ring (bicyclic) bond motifs is 2. The van der Waals surface area contributed by atoms with E-state index in [2.05, 4.69) is 40.4 Å². The van der Waals surface area contributed by atoms with Crippen molar-refractivity contribution in [2.24, 2.45) is 11.8 Å². The minimum absolute atomic E-state index is 0.0158. The van der Waals surface area contributed by atoms with E-state index in [4.69, 9.17) is 4.74 Å². The number of nitrogens with zero attached hydrogens (tertiary/aromatic N) is 2. The van der Waals surface area contributed by atoms with Gasteiger partial charge in [0.25, 0.3) is 0 Å². The van der Waals surface area contributed by atoms with Gasteiger partial charge in [0.1, 0.15) is 47.4 Å². The fourth-order valence-electron chi connectivity index (χ4n) is 10.3. The largest absolute Gasteiger partial charge is 0.508 e. The molecule has 2 aromatic carbocycles. The van der Waals surface area contributed by atoms with Crippen LogP contribution in [-0.2, 0) is 43.1 Å². The number of carbonyl (C=O) groups excluding carboxylic acids is 8. The Morgan fingerprint density at radius 3 is 2.01 bits per heavy atom. The Labute approximate surface area is 487 Å². The summed E-state index contributed by atoms with van der Waals surface area (Å²) >= 11 is 1.72. The standard InChI is InChI=1S/C57H85N7O16S2/c1-6-32(2)18-14-11-9-7-8-10-12-17-21-43(70)58-39-27-42(69)55(82-38-19-15-13-16-20-38)62-54(77)47-48(72)33(3)28-64(47)56(78)40(30-65)59-53(76)46(49(73)50(81-31-44(71)80-5)35-22-24-36(67)25-23-35)61-52(75)41-26-37(68)29-63(41)57(79)45(34(4)66)60-51(39)74/h13,15-16,19-20,22-25,32-34,37,39-42,45-50,55,65-69,72-73H,6-12,14,17-18,21,26-31H2,1-5H3,(H,58,70)(H,59,76)(H,60,74)(H,61,75)(H,62,77)/t32?,33-,34+,37+,39-,40+,41-,42+,45-,46-,47-,48-,49-,50?,55?/m0/s1. The molecular formula is C57H85N7O16S2. The van der Waals surface area contributed by atoms with Crippen molar-refractivity contribution >= 4 is 70.8 Å². The number of aliphatic hydroxyl groups is 6. The highest BCUT2D eigenvalue weighted by Crippen LogP contribution is 2.36. The van der Waals surface area contributed by atoms with E-state index in [9.17, 15) is 74.1 Å². The number of nitrogens with one attached hydrogen (secondary N) is 5. The lowest BCUT2D eigenvalue weighted by atomic mass is 9.99. The molecule has 0 radical (unpaired) electrons. The van der Waals surface area contributed by atoms with Crippen molar-refractivity contribution in [3.05, 3.63) is 60.2 Å². The molecular weight excluding hydrogens is 1100 g/mol. The summed E-state index contributed by atoms with van der Waals surface area (Å²) in [6.07, 6.45) is 0.499. The van der Waals surface area contributed by atoms with Gasteiger partial charge >= 0.3 is 5.97 Å². The Morgan fingerprint density at radius 2 is 1.39 bits per heavy atom. The smallest absolute Gasteiger partial charge is 0.315 e. The van der Waals surface area contributed by atoms with Crippen LogP contribution in [0.15, 0.2) is 59.5 Å². The van der Waals surface area contributed by atoms with Gasteiger partial charge in [-0.15, -0.1) is 11.8 Å². The fraction of sp³-hybridized carbons (Fsp3) is 0.649. The van der Waals surface area contributed by atoms with E-state index in [0.29, 0.717) is 17.2 Å². The van der Waals surface area contributed by atoms with Gasteiger partial charge in [0.05, 0.1) is 55.2 Å². The van der Waals surface area contributed by atoms with E-state index >= 15 is 0 Å². The van der Waals surface area contributed by atoms with Gasteiger partial charge in [-0.25, -0.2) is 0 Å². The number of aliphatic hydroxyl groups excluding tert-OH is 6. The summed E-state index contributed by atoms with van der Waals surface area (Å²) in [5, 5.41) is 89.2. The number of phenols is 1. The van der Waals surface area contributed by atoms with Crippen LogP contribution in [0.4, 0.5) is 0 Å². The monoisotopic (exact) mass is 1190 g/mol. The summed E-state index contributed by atoms with van der Waals surface area (Å²) in [5.41, 5.74) is 0.225. The number of unbranched alkanes of at least 4 members (excludes halogenated alkanes) is 7. The predicted octanol–water partition coefficient (Wildman–Crippen LogP) is 1.13. The first-order chi connectivity index (χ1) is 39.1. The molecule has 3 unspecified atom stereocenters. The first-order valence-electron chi connectivity index (χ1n) is 28.4. The van der Waals surface area contributed by atoms with E-state index in [1.54, 1.807) is 37.3 Å². The van der Waals surface area contributed by atoms with Crippen LogP contribution in [0.2, 0.25) is 0 Å². The molecule has 0 aromatic heterocycles. The van der Waals surface area contributed by atoms with Crippen LogP contribution in [-0.4, -0.2) is 198 Å². The molecule has 3 aliphatic heterocycles. The van der Waals surface area contributed by atoms with E-state index in [1.807, 2.05) is 0 Å². The molecule has 0 aliphatic carbocycles. The first kappa shape index (κ1) is 67.3. The molecule has 3 saturated heterocycles. The Morgan fingerprint density at radius 1 is 0.756 bits per heavy atom. The second-order valence-corrected chi connectivity index (χ2v) is 24.2. The number of carbonyl (C=O) groups is 8. The highest BCUT2D eigenvalue weighted by molar-refractivity contribution is 8.00. The first-order valence-corrected chi connectivity index (χ1v) is 30.3. The Hall–Kier alpha value is -5.54.